The summed E-state index contributed by atoms with van der Waals surface area (Å²) in [5.74, 6) is -1.69. The van der Waals surface area contributed by atoms with Crippen LogP contribution < -0.4 is 5.48 Å². The summed E-state index contributed by atoms with van der Waals surface area (Å²) in [6.07, 6.45) is -0.731. The Morgan fingerprint density at radius 2 is 1.82 bits per heavy atom. The molecule has 0 aromatic carbocycles. The summed E-state index contributed by atoms with van der Waals surface area (Å²) < 4.78 is 4.92. The van der Waals surface area contributed by atoms with Crippen molar-refractivity contribution < 1.29 is 24.3 Å². The lowest BCUT2D eigenvalue weighted by molar-refractivity contribution is -0.147. The summed E-state index contributed by atoms with van der Waals surface area (Å²) in [6, 6.07) is 0. The number of rotatable bonds is 5. The smallest absolute Gasteiger partial charge is 0.431 e. The van der Waals surface area contributed by atoms with Crippen LogP contribution in [-0.4, -0.2) is 29.4 Å². The van der Waals surface area contributed by atoms with E-state index in [1.807, 2.05) is 0 Å². The molecular formula is C11H21NO5. The number of hydrogen-bond donors (Lipinski definition) is 2. The van der Waals surface area contributed by atoms with Gasteiger partial charge in [0.05, 0.1) is 12.5 Å². The third kappa shape index (κ3) is 7.57. The van der Waals surface area contributed by atoms with Crippen molar-refractivity contribution >= 4 is 12.1 Å². The molecule has 1 atom stereocenters. The van der Waals surface area contributed by atoms with Gasteiger partial charge in [-0.05, 0) is 26.7 Å². The van der Waals surface area contributed by atoms with Crippen molar-refractivity contribution in [3.05, 3.63) is 0 Å². The second-order valence-corrected chi connectivity index (χ2v) is 5.10. The molecule has 0 aliphatic carbocycles. The molecule has 6 nitrogen and oxygen atoms in total. The van der Waals surface area contributed by atoms with Gasteiger partial charge in [-0.15, -0.1) is 0 Å². The average Bonchev–Trinajstić information content (AvgIpc) is 2.07. The molecule has 17 heavy (non-hydrogen) atoms. The molecule has 0 heterocycles. The third-order valence-electron chi connectivity index (χ3n) is 1.94. The molecule has 0 spiro atoms. The molecule has 0 aliphatic heterocycles. The summed E-state index contributed by atoms with van der Waals surface area (Å²) in [6.45, 7) is 8.62. The van der Waals surface area contributed by atoms with Crippen LogP contribution in [-0.2, 0) is 14.4 Å². The zero-order chi connectivity index (χ0) is 13.6. The highest BCUT2D eigenvalue weighted by Gasteiger charge is 2.23. The van der Waals surface area contributed by atoms with Crippen molar-refractivity contribution in [1.29, 1.82) is 0 Å². The van der Waals surface area contributed by atoms with Gasteiger partial charge in [-0.1, -0.05) is 13.8 Å². The molecule has 6 heteroatoms. The van der Waals surface area contributed by atoms with Crippen LogP contribution in [0.4, 0.5) is 4.79 Å². The Bertz CT molecular complexity index is 270. The molecule has 2 N–H and O–H groups in total. The van der Waals surface area contributed by atoms with E-state index >= 15 is 0 Å². The van der Waals surface area contributed by atoms with Crippen molar-refractivity contribution in [1.82, 2.24) is 5.48 Å². The minimum atomic E-state index is -0.953. The molecule has 0 aromatic heterocycles. The van der Waals surface area contributed by atoms with E-state index < -0.39 is 23.6 Å². The van der Waals surface area contributed by atoms with Gasteiger partial charge in [0.1, 0.15) is 5.60 Å². The number of carbonyl (C=O) groups is 2. The quantitative estimate of drug-likeness (QED) is 0.723. The van der Waals surface area contributed by atoms with Crippen LogP contribution in [0, 0.1) is 11.8 Å². The molecule has 0 rings (SSSR count). The predicted octanol–water partition coefficient (Wildman–Crippen LogP) is 1.80. The van der Waals surface area contributed by atoms with Crippen LogP contribution in [0.2, 0.25) is 0 Å². The van der Waals surface area contributed by atoms with Gasteiger partial charge in [0.25, 0.3) is 0 Å². The van der Waals surface area contributed by atoms with Crippen molar-refractivity contribution in [2.24, 2.45) is 11.8 Å². The number of carboxylic acids is 1. The van der Waals surface area contributed by atoms with Crippen molar-refractivity contribution in [3.8, 4) is 0 Å². The van der Waals surface area contributed by atoms with Crippen LogP contribution in [0.15, 0.2) is 0 Å². The highest BCUT2D eigenvalue weighted by Crippen LogP contribution is 2.11. The van der Waals surface area contributed by atoms with E-state index in [4.69, 9.17) is 14.7 Å². The topological polar surface area (TPSA) is 84.9 Å². The first kappa shape index (κ1) is 15.7. The fourth-order valence-electron chi connectivity index (χ4n) is 1.04. The number of carboxylic acid groups (broad SMARTS) is 1. The largest absolute Gasteiger partial charge is 0.481 e. The second kappa shape index (κ2) is 6.44. The van der Waals surface area contributed by atoms with E-state index in [1.54, 1.807) is 34.6 Å². The second-order valence-electron chi connectivity index (χ2n) is 5.10. The summed E-state index contributed by atoms with van der Waals surface area (Å²) in [7, 11) is 0. The van der Waals surface area contributed by atoms with Crippen molar-refractivity contribution in [3.63, 3.8) is 0 Å². The molecule has 1 unspecified atom stereocenters. The fraction of sp³-hybridized carbons (Fsp3) is 0.818. The minimum Gasteiger partial charge on any atom is -0.481 e. The zero-order valence-electron chi connectivity index (χ0n) is 10.9. The first-order chi connectivity index (χ1) is 7.63. The van der Waals surface area contributed by atoms with Gasteiger partial charge in [0, 0.05) is 0 Å². The molecule has 0 radical (unpaired) electrons. The van der Waals surface area contributed by atoms with E-state index in [0.717, 1.165) is 0 Å². The number of nitrogens with one attached hydrogen (secondary N) is 1. The van der Waals surface area contributed by atoms with Crippen LogP contribution in [0.25, 0.3) is 0 Å². The Balaban J connectivity index is 3.98. The maximum atomic E-state index is 11.2. The molecule has 1 amide bonds. The summed E-state index contributed by atoms with van der Waals surface area (Å²) in [5, 5.41) is 8.87. The standard InChI is InChI=1S/C11H21NO5/c1-7(2)8(9(13)14)6-16-12-10(15)17-11(3,4)5/h7-8H,6H2,1-5H3,(H,12,15)(H,13,14). The number of hydroxylamine groups is 1. The van der Waals surface area contributed by atoms with E-state index in [1.165, 1.54) is 0 Å². The highest BCUT2D eigenvalue weighted by molar-refractivity contribution is 5.70. The first-order valence-corrected chi connectivity index (χ1v) is 5.47. The lowest BCUT2D eigenvalue weighted by Gasteiger charge is -2.20. The number of ether oxygens (including phenoxy) is 1. The van der Waals surface area contributed by atoms with Gasteiger partial charge in [-0.2, -0.15) is 5.48 Å². The van der Waals surface area contributed by atoms with Gasteiger partial charge in [-0.3, -0.25) is 9.63 Å². The first-order valence-electron chi connectivity index (χ1n) is 5.47. The van der Waals surface area contributed by atoms with E-state index in [9.17, 15) is 9.59 Å². The Kier molecular flexibility index (Phi) is 5.95. The Hall–Kier alpha value is -1.30. The SMILES string of the molecule is CC(C)C(CONC(=O)OC(C)(C)C)C(=O)O. The highest BCUT2D eigenvalue weighted by atomic mass is 16.7. The number of aliphatic carboxylic acids is 1. The summed E-state index contributed by atoms with van der Waals surface area (Å²) in [4.78, 5) is 26.8. The molecule has 0 aromatic rings. The van der Waals surface area contributed by atoms with E-state index in [0.29, 0.717) is 0 Å². The molecule has 0 saturated heterocycles. The minimum absolute atomic E-state index is 0.0760. The lowest BCUT2D eigenvalue weighted by atomic mass is 9.97. The van der Waals surface area contributed by atoms with Gasteiger partial charge in [0.2, 0.25) is 0 Å². The Morgan fingerprint density at radius 1 is 1.29 bits per heavy atom. The molecule has 100 valence electrons. The monoisotopic (exact) mass is 247 g/mol. The van der Waals surface area contributed by atoms with Crippen molar-refractivity contribution in [2.45, 2.75) is 40.2 Å². The lowest BCUT2D eigenvalue weighted by Crippen LogP contribution is -2.35. The molecule has 0 bridgehead atoms. The zero-order valence-corrected chi connectivity index (χ0v) is 10.9. The Labute approximate surface area is 101 Å². The van der Waals surface area contributed by atoms with Gasteiger partial charge in [-0.25, -0.2) is 4.79 Å². The molecular weight excluding hydrogens is 226 g/mol. The predicted molar refractivity (Wildman–Crippen MR) is 61.3 cm³/mol. The van der Waals surface area contributed by atoms with E-state index in [-0.39, 0.29) is 12.5 Å². The van der Waals surface area contributed by atoms with Gasteiger partial charge < -0.3 is 9.84 Å². The molecule has 0 aliphatic rings. The fourth-order valence-corrected chi connectivity index (χ4v) is 1.04. The van der Waals surface area contributed by atoms with Crippen LogP contribution in [0.1, 0.15) is 34.6 Å². The average molecular weight is 247 g/mol. The van der Waals surface area contributed by atoms with Crippen molar-refractivity contribution in [2.75, 3.05) is 6.61 Å². The van der Waals surface area contributed by atoms with Crippen LogP contribution in [0.3, 0.4) is 0 Å². The van der Waals surface area contributed by atoms with Gasteiger partial charge in [0.15, 0.2) is 0 Å². The number of carbonyl (C=O) groups excluding carboxylic acids is 1. The molecule has 0 fully saturated rings. The summed E-state index contributed by atoms with van der Waals surface area (Å²) >= 11 is 0. The summed E-state index contributed by atoms with van der Waals surface area (Å²) in [5.41, 5.74) is 1.44. The number of amides is 1. The van der Waals surface area contributed by atoms with Gasteiger partial charge >= 0.3 is 12.1 Å². The molecule has 0 saturated carbocycles. The van der Waals surface area contributed by atoms with Crippen LogP contribution in [0.5, 0.6) is 0 Å². The maximum absolute atomic E-state index is 11.2. The Morgan fingerprint density at radius 3 is 2.18 bits per heavy atom. The van der Waals surface area contributed by atoms with Crippen LogP contribution >= 0.6 is 0 Å². The normalized spacial score (nSPS) is 13.3. The third-order valence-corrected chi connectivity index (χ3v) is 1.94. The van der Waals surface area contributed by atoms with E-state index in [2.05, 4.69) is 5.48 Å². The maximum Gasteiger partial charge on any atom is 0.431 e. The number of hydrogen-bond acceptors (Lipinski definition) is 4.